The van der Waals surface area contributed by atoms with Gasteiger partial charge in [0.1, 0.15) is 5.78 Å². The van der Waals surface area contributed by atoms with Gasteiger partial charge in [0.05, 0.1) is 0 Å². The Labute approximate surface area is 110 Å². The Morgan fingerprint density at radius 1 is 1.39 bits per heavy atom. The van der Waals surface area contributed by atoms with Crippen LogP contribution in [0.4, 0.5) is 0 Å². The number of pyridine rings is 1. The van der Waals surface area contributed by atoms with Crippen LogP contribution in [0.1, 0.15) is 62.6 Å². The minimum Gasteiger partial charge on any atom is -0.299 e. The molecule has 0 bridgehead atoms. The fraction of sp³-hybridized carbons (Fsp3) is 0.625. The summed E-state index contributed by atoms with van der Waals surface area (Å²) in [5.74, 6) is 1.05. The van der Waals surface area contributed by atoms with Crippen LogP contribution in [-0.4, -0.2) is 10.8 Å². The summed E-state index contributed by atoms with van der Waals surface area (Å²) in [5.41, 5.74) is 2.10. The quantitative estimate of drug-likeness (QED) is 0.801. The molecule has 0 spiro atoms. The first-order valence-electron chi connectivity index (χ1n) is 7.12. The molecule has 2 heteroatoms. The first kappa shape index (κ1) is 13.3. The Kier molecular flexibility index (Phi) is 4.51. The largest absolute Gasteiger partial charge is 0.299 e. The molecule has 1 unspecified atom stereocenters. The molecule has 1 fully saturated rings. The molecular formula is C16H23NO. The highest BCUT2D eigenvalue weighted by atomic mass is 16.1. The first-order chi connectivity index (χ1) is 8.66. The molecule has 1 saturated carbocycles. The van der Waals surface area contributed by atoms with E-state index >= 15 is 0 Å². The highest BCUT2D eigenvalue weighted by Crippen LogP contribution is 2.29. The molecule has 1 aliphatic carbocycles. The number of Topliss-reactive ketones (excluding diaryl/α,β-unsaturated/α-hetero) is 1. The van der Waals surface area contributed by atoms with E-state index in [1.54, 1.807) is 6.20 Å². The van der Waals surface area contributed by atoms with E-state index in [-0.39, 0.29) is 5.92 Å². The minimum atomic E-state index is 0.0219. The van der Waals surface area contributed by atoms with Gasteiger partial charge in [0, 0.05) is 24.2 Å². The van der Waals surface area contributed by atoms with Crippen LogP contribution in [0.25, 0.3) is 0 Å². The number of hydrogen-bond donors (Lipinski definition) is 0. The fourth-order valence-corrected chi connectivity index (χ4v) is 2.88. The molecule has 0 aromatic carbocycles. The van der Waals surface area contributed by atoms with Crippen LogP contribution in [0.2, 0.25) is 0 Å². The zero-order valence-electron chi connectivity index (χ0n) is 11.5. The molecular weight excluding hydrogens is 222 g/mol. The van der Waals surface area contributed by atoms with Crippen LogP contribution in [0.3, 0.4) is 0 Å². The molecule has 2 nitrogen and oxygen atoms in total. The summed E-state index contributed by atoms with van der Waals surface area (Å²) < 4.78 is 0. The van der Waals surface area contributed by atoms with Gasteiger partial charge >= 0.3 is 0 Å². The van der Waals surface area contributed by atoms with E-state index in [4.69, 9.17) is 0 Å². The van der Waals surface area contributed by atoms with Gasteiger partial charge in [-0.25, -0.2) is 0 Å². The van der Waals surface area contributed by atoms with Crippen LogP contribution in [0.15, 0.2) is 18.3 Å². The van der Waals surface area contributed by atoms with Crippen molar-refractivity contribution in [2.75, 3.05) is 0 Å². The average Bonchev–Trinajstić information content (AvgIpc) is 2.39. The minimum absolute atomic E-state index is 0.0219. The summed E-state index contributed by atoms with van der Waals surface area (Å²) in [5, 5.41) is 0. The maximum absolute atomic E-state index is 12.3. The van der Waals surface area contributed by atoms with Crippen molar-refractivity contribution >= 4 is 5.78 Å². The van der Waals surface area contributed by atoms with E-state index in [0.717, 1.165) is 17.7 Å². The number of rotatable bonds is 4. The van der Waals surface area contributed by atoms with Crippen LogP contribution >= 0.6 is 0 Å². The molecule has 0 amide bonds. The van der Waals surface area contributed by atoms with E-state index in [0.29, 0.717) is 11.7 Å². The van der Waals surface area contributed by atoms with Gasteiger partial charge in [0.25, 0.3) is 0 Å². The Balaban J connectivity index is 1.95. The predicted molar refractivity (Wildman–Crippen MR) is 73.6 cm³/mol. The summed E-state index contributed by atoms with van der Waals surface area (Å²) in [6, 6.07) is 4.00. The van der Waals surface area contributed by atoms with Crippen LogP contribution in [0.5, 0.6) is 0 Å². The van der Waals surface area contributed by atoms with Crippen molar-refractivity contribution in [2.45, 2.75) is 58.3 Å². The SMILES string of the molecule is Cc1cc(C(C)C(=O)CC2CCCCC2)ccn1. The molecule has 0 saturated heterocycles. The number of ketones is 1. The van der Waals surface area contributed by atoms with Crippen LogP contribution in [-0.2, 0) is 4.79 Å². The number of aromatic nitrogens is 1. The second-order valence-electron chi connectivity index (χ2n) is 5.63. The lowest BCUT2D eigenvalue weighted by Gasteiger charge is -2.22. The van der Waals surface area contributed by atoms with Gasteiger partial charge < -0.3 is 0 Å². The van der Waals surface area contributed by atoms with Crippen molar-refractivity contribution in [3.8, 4) is 0 Å². The lowest BCUT2D eigenvalue weighted by Crippen LogP contribution is -2.16. The monoisotopic (exact) mass is 245 g/mol. The van der Waals surface area contributed by atoms with E-state index < -0.39 is 0 Å². The predicted octanol–water partition coefficient (Wildman–Crippen LogP) is 4.03. The third-order valence-corrected chi connectivity index (χ3v) is 4.12. The van der Waals surface area contributed by atoms with Gasteiger partial charge in [-0.2, -0.15) is 0 Å². The lowest BCUT2D eigenvalue weighted by molar-refractivity contribution is -0.121. The topological polar surface area (TPSA) is 30.0 Å². The van der Waals surface area contributed by atoms with Crippen molar-refractivity contribution in [3.63, 3.8) is 0 Å². The number of carbonyl (C=O) groups is 1. The molecule has 1 aromatic rings. The first-order valence-corrected chi connectivity index (χ1v) is 7.12. The molecule has 0 radical (unpaired) electrons. The molecule has 1 aromatic heterocycles. The van der Waals surface area contributed by atoms with Crippen LogP contribution in [0, 0.1) is 12.8 Å². The second-order valence-corrected chi connectivity index (χ2v) is 5.63. The Hall–Kier alpha value is -1.18. The third-order valence-electron chi connectivity index (χ3n) is 4.12. The Bertz CT molecular complexity index is 407. The normalized spacial score (nSPS) is 18.6. The summed E-state index contributed by atoms with van der Waals surface area (Å²) in [7, 11) is 0. The van der Waals surface area contributed by atoms with E-state index in [1.165, 1.54) is 32.1 Å². The summed E-state index contributed by atoms with van der Waals surface area (Å²) in [6.45, 7) is 4.00. The zero-order valence-corrected chi connectivity index (χ0v) is 11.5. The molecule has 0 N–H and O–H groups in total. The number of hydrogen-bond acceptors (Lipinski definition) is 2. The van der Waals surface area contributed by atoms with Crippen molar-refractivity contribution in [1.82, 2.24) is 4.98 Å². The van der Waals surface area contributed by atoms with Crippen molar-refractivity contribution < 1.29 is 4.79 Å². The summed E-state index contributed by atoms with van der Waals surface area (Å²) in [6.07, 6.45) is 9.02. The third kappa shape index (κ3) is 3.41. The molecule has 1 heterocycles. The number of nitrogens with zero attached hydrogens (tertiary/aromatic N) is 1. The second kappa shape index (κ2) is 6.12. The van der Waals surface area contributed by atoms with E-state index in [9.17, 15) is 4.79 Å². The van der Waals surface area contributed by atoms with Gasteiger partial charge in [-0.05, 0) is 30.5 Å². The van der Waals surface area contributed by atoms with Crippen molar-refractivity contribution in [3.05, 3.63) is 29.6 Å². The molecule has 1 atom stereocenters. The van der Waals surface area contributed by atoms with Crippen LogP contribution < -0.4 is 0 Å². The average molecular weight is 245 g/mol. The molecule has 0 aliphatic heterocycles. The van der Waals surface area contributed by atoms with Gasteiger partial charge in [0.15, 0.2) is 0 Å². The number of carbonyl (C=O) groups excluding carboxylic acids is 1. The fourth-order valence-electron chi connectivity index (χ4n) is 2.88. The van der Waals surface area contributed by atoms with E-state index in [2.05, 4.69) is 4.98 Å². The molecule has 18 heavy (non-hydrogen) atoms. The zero-order chi connectivity index (χ0) is 13.0. The summed E-state index contributed by atoms with van der Waals surface area (Å²) >= 11 is 0. The molecule has 98 valence electrons. The van der Waals surface area contributed by atoms with Crippen molar-refractivity contribution in [1.29, 1.82) is 0 Å². The van der Waals surface area contributed by atoms with E-state index in [1.807, 2.05) is 26.0 Å². The highest BCUT2D eigenvalue weighted by molar-refractivity contribution is 5.85. The smallest absolute Gasteiger partial charge is 0.140 e. The molecule has 2 rings (SSSR count). The molecule has 1 aliphatic rings. The van der Waals surface area contributed by atoms with Gasteiger partial charge in [-0.1, -0.05) is 39.0 Å². The lowest BCUT2D eigenvalue weighted by atomic mass is 9.82. The standard InChI is InChI=1S/C16H23NO/c1-12-10-15(8-9-17-12)13(2)16(18)11-14-6-4-3-5-7-14/h8-10,13-14H,3-7,11H2,1-2H3. The Morgan fingerprint density at radius 3 is 2.78 bits per heavy atom. The van der Waals surface area contributed by atoms with Gasteiger partial charge in [-0.15, -0.1) is 0 Å². The van der Waals surface area contributed by atoms with Crippen molar-refractivity contribution in [2.24, 2.45) is 5.92 Å². The van der Waals surface area contributed by atoms with Gasteiger partial charge in [-0.3, -0.25) is 9.78 Å². The number of aryl methyl sites for hydroxylation is 1. The highest BCUT2D eigenvalue weighted by Gasteiger charge is 2.21. The maximum atomic E-state index is 12.3. The van der Waals surface area contributed by atoms with Gasteiger partial charge in [0.2, 0.25) is 0 Å². The summed E-state index contributed by atoms with van der Waals surface area (Å²) in [4.78, 5) is 16.5. The Morgan fingerprint density at radius 2 is 2.11 bits per heavy atom. The maximum Gasteiger partial charge on any atom is 0.140 e.